The number of anilines is 2. The summed E-state index contributed by atoms with van der Waals surface area (Å²) < 4.78 is 0. The van der Waals surface area contributed by atoms with Crippen LogP contribution >= 0.6 is 0 Å². The van der Waals surface area contributed by atoms with Crippen molar-refractivity contribution in [1.82, 2.24) is 9.97 Å². The molecule has 0 aliphatic carbocycles. The third-order valence-electron chi connectivity index (χ3n) is 3.58. The van der Waals surface area contributed by atoms with Gasteiger partial charge in [-0.05, 0) is 26.2 Å². The van der Waals surface area contributed by atoms with Gasteiger partial charge in [-0.15, -0.1) is 0 Å². The Kier molecular flexibility index (Phi) is 6.33. The molecule has 0 unspecified atom stereocenters. The van der Waals surface area contributed by atoms with E-state index in [2.05, 4.69) is 29.1 Å². The predicted molar refractivity (Wildman–Crippen MR) is 85.0 cm³/mol. The normalized spacial score (nSPS) is 10.8. The number of rotatable bonds is 8. The molecule has 0 bridgehead atoms. The van der Waals surface area contributed by atoms with E-state index < -0.39 is 4.92 Å². The highest BCUT2D eigenvalue weighted by Crippen LogP contribution is 2.31. The summed E-state index contributed by atoms with van der Waals surface area (Å²) in [6.07, 6.45) is 2.76. The fourth-order valence-corrected chi connectivity index (χ4v) is 2.34. The minimum Gasteiger partial charge on any atom is -0.354 e. The van der Waals surface area contributed by atoms with Crippen LogP contribution in [0.25, 0.3) is 0 Å². The predicted octanol–water partition coefficient (Wildman–Crippen LogP) is 3.14. The molecule has 0 radical (unpaired) electrons. The van der Waals surface area contributed by atoms with Crippen molar-refractivity contribution in [1.29, 1.82) is 0 Å². The Bertz CT molecular complexity index is 488. The van der Waals surface area contributed by atoms with Gasteiger partial charge in [0.15, 0.2) is 0 Å². The number of hydrogen-bond acceptors (Lipinski definition) is 6. The van der Waals surface area contributed by atoms with Crippen LogP contribution in [0.5, 0.6) is 0 Å². The highest BCUT2D eigenvalue weighted by Gasteiger charge is 2.27. The third kappa shape index (κ3) is 4.03. The summed E-state index contributed by atoms with van der Waals surface area (Å²) in [4.78, 5) is 21.4. The molecule has 0 aliphatic rings. The number of hydrogen-bond donors (Lipinski definition) is 1. The Morgan fingerprint density at radius 3 is 2.38 bits per heavy atom. The molecule has 0 saturated heterocycles. The molecule has 1 aromatic heterocycles. The summed E-state index contributed by atoms with van der Waals surface area (Å²) in [7, 11) is 1.86. The van der Waals surface area contributed by atoms with Crippen LogP contribution in [0, 0.1) is 17.0 Å². The van der Waals surface area contributed by atoms with E-state index in [1.807, 2.05) is 18.9 Å². The Morgan fingerprint density at radius 2 is 1.90 bits per heavy atom. The Labute approximate surface area is 125 Å². The van der Waals surface area contributed by atoms with Gasteiger partial charge in [0.05, 0.1) is 4.92 Å². The summed E-state index contributed by atoms with van der Waals surface area (Å²) in [5.41, 5.74) is 0.382. The van der Waals surface area contributed by atoms with Crippen LogP contribution in [0.4, 0.5) is 17.5 Å². The molecule has 21 heavy (non-hydrogen) atoms. The summed E-state index contributed by atoms with van der Waals surface area (Å²) >= 11 is 0. The van der Waals surface area contributed by atoms with E-state index in [0.29, 0.717) is 17.5 Å². The van der Waals surface area contributed by atoms with Crippen molar-refractivity contribution in [3.8, 4) is 0 Å². The van der Waals surface area contributed by atoms with E-state index in [4.69, 9.17) is 0 Å². The lowest BCUT2D eigenvalue weighted by Gasteiger charge is -2.27. The van der Waals surface area contributed by atoms with Gasteiger partial charge in [0, 0.05) is 19.6 Å². The van der Waals surface area contributed by atoms with E-state index >= 15 is 0 Å². The van der Waals surface area contributed by atoms with Crippen LogP contribution in [0.15, 0.2) is 0 Å². The van der Waals surface area contributed by atoms with Gasteiger partial charge in [-0.2, -0.15) is 4.98 Å². The molecule has 0 fully saturated rings. The Morgan fingerprint density at radius 1 is 1.29 bits per heavy atom. The van der Waals surface area contributed by atoms with Crippen molar-refractivity contribution in [2.75, 3.05) is 23.8 Å². The zero-order valence-electron chi connectivity index (χ0n) is 13.5. The number of nitrogens with zero attached hydrogens (tertiary/aromatic N) is 4. The number of nitrogens with one attached hydrogen (secondary N) is 1. The smallest absolute Gasteiger partial charge is 0.332 e. The average Bonchev–Trinajstić information content (AvgIpc) is 2.45. The monoisotopic (exact) mass is 295 g/mol. The van der Waals surface area contributed by atoms with Crippen LogP contribution in [0.1, 0.15) is 45.7 Å². The second-order valence-electron chi connectivity index (χ2n) is 5.07. The first kappa shape index (κ1) is 17.1. The van der Waals surface area contributed by atoms with Crippen molar-refractivity contribution in [3.63, 3.8) is 0 Å². The molecule has 0 aliphatic heterocycles. The summed E-state index contributed by atoms with van der Waals surface area (Å²) in [6.45, 7) is 8.58. The molecule has 0 amide bonds. The quantitative estimate of drug-likeness (QED) is 0.586. The highest BCUT2D eigenvalue weighted by molar-refractivity contribution is 5.62. The molecule has 118 valence electrons. The molecule has 1 N–H and O–H groups in total. The first-order valence-electron chi connectivity index (χ1n) is 7.45. The summed E-state index contributed by atoms with van der Waals surface area (Å²) in [5.74, 6) is 0.840. The van der Waals surface area contributed by atoms with Crippen molar-refractivity contribution >= 4 is 17.5 Å². The van der Waals surface area contributed by atoms with Crippen LogP contribution in [-0.2, 0) is 0 Å². The number of aromatic nitrogens is 2. The van der Waals surface area contributed by atoms with Gasteiger partial charge in [0.2, 0.25) is 11.8 Å². The van der Waals surface area contributed by atoms with E-state index in [1.54, 1.807) is 6.92 Å². The first-order valence-corrected chi connectivity index (χ1v) is 7.45. The second-order valence-corrected chi connectivity index (χ2v) is 5.07. The maximum absolute atomic E-state index is 11.4. The van der Waals surface area contributed by atoms with Crippen LogP contribution in [0.2, 0.25) is 0 Å². The van der Waals surface area contributed by atoms with Crippen LogP contribution in [0.3, 0.4) is 0 Å². The second kappa shape index (κ2) is 7.75. The molecular formula is C14H25N5O2. The van der Waals surface area contributed by atoms with Crippen molar-refractivity contribution in [2.45, 2.75) is 53.0 Å². The standard InChI is InChI=1S/C14H25N5O2/c1-6-9-15-14-16-10(4)12(19(20)21)13(17-14)18(5)11(7-2)8-3/h11H,6-9H2,1-5H3,(H,15,16,17). The number of nitro groups is 1. The molecule has 7 heteroatoms. The van der Waals surface area contributed by atoms with Crippen molar-refractivity contribution in [3.05, 3.63) is 15.8 Å². The van der Waals surface area contributed by atoms with Gasteiger partial charge in [0.25, 0.3) is 0 Å². The summed E-state index contributed by atoms with van der Waals surface area (Å²) in [5, 5.41) is 14.5. The lowest BCUT2D eigenvalue weighted by Crippen LogP contribution is -2.32. The third-order valence-corrected chi connectivity index (χ3v) is 3.58. The highest BCUT2D eigenvalue weighted by atomic mass is 16.6. The minimum atomic E-state index is -0.396. The molecule has 1 rings (SSSR count). The van der Waals surface area contributed by atoms with Crippen molar-refractivity contribution < 1.29 is 4.92 Å². The van der Waals surface area contributed by atoms with Crippen molar-refractivity contribution in [2.24, 2.45) is 0 Å². The SMILES string of the molecule is CCCNc1nc(C)c([N+](=O)[O-])c(N(C)C(CC)CC)n1. The van der Waals surface area contributed by atoms with Gasteiger partial charge in [-0.25, -0.2) is 4.98 Å². The number of aryl methyl sites for hydroxylation is 1. The Balaban J connectivity index is 3.30. The maximum atomic E-state index is 11.4. The maximum Gasteiger partial charge on any atom is 0.332 e. The van der Waals surface area contributed by atoms with E-state index in [9.17, 15) is 10.1 Å². The molecule has 1 aromatic rings. The van der Waals surface area contributed by atoms with Gasteiger partial charge in [-0.1, -0.05) is 20.8 Å². The Hall–Kier alpha value is -1.92. The molecule has 1 heterocycles. The first-order chi connectivity index (χ1) is 9.96. The molecule has 0 aromatic carbocycles. The fraction of sp³-hybridized carbons (Fsp3) is 0.714. The topological polar surface area (TPSA) is 84.2 Å². The van der Waals surface area contributed by atoms with E-state index in [-0.39, 0.29) is 11.7 Å². The zero-order valence-corrected chi connectivity index (χ0v) is 13.5. The average molecular weight is 295 g/mol. The molecule has 0 spiro atoms. The van der Waals surface area contributed by atoms with Gasteiger partial charge >= 0.3 is 5.69 Å². The van der Waals surface area contributed by atoms with E-state index in [1.165, 1.54) is 0 Å². The molecule has 7 nitrogen and oxygen atoms in total. The van der Waals surface area contributed by atoms with E-state index in [0.717, 1.165) is 25.8 Å². The molecular weight excluding hydrogens is 270 g/mol. The van der Waals surface area contributed by atoms with Crippen LogP contribution < -0.4 is 10.2 Å². The lowest BCUT2D eigenvalue weighted by molar-refractivity contribution is -0.385. The molecule has 0 atom stereocenters. The summed E-state index contributed by atoms with van der Waals surface area (Å²) in [6, 6.07) is 0.219. The largest absolute Gasteiger partial charge is 0.354 e. The van der Waals surface area contributed by atoms with Gasteiger partial charge in [0.1, 0.15) is 5.69 Å². The van der Waals surface area contributed by atoms with Gasteiger partial charge < -0.3 is 10.2 Å². The lowest BCUT2D eigenvalue weighted by atomic mass is 10.1. The molecule has 0 saturated carbocycles. The van der Waals surface area contributed by atoms with Gasteiger partial charge in [-0.3, -0.25) is 10.1 Å². The fourth-order valence-electron chi connectivity index (χ4n) is 2.34. The van der Waals surface area contributed by atoms with Crippen LogP contribution in [-0.4, -0.2) is 34.5 Å². The minimum absolute atomic E-state index is 0.00792. The zero-order chi connectivity index (χ0) is 16.0.